The van der Waals surface area contributed by atoms with E-state index in [0.29, 0.717) is 15.6 Å². The van der Waals surface area contributed by atoms with Crippen LogP contribution in [0.15, 0.2) is 40.1 Å². The van der Waals surface area contributed by atoms with E-state index in [-0.39, 0.29) is 17.3 Å². The van der Waals surface area contributed by atoms with E-state index in [1.165, 1.54) is 17.4 Å². The van der Waals surface area contributed by atoms with Crippen molar-refractivity contribution in [2.24, 2.45) is 0 Å². The molecule has 1 aromatic carbocycles. The van der Waals surface area contributed by atoms with Crippen LogP contribution in [-0.2, 0) is 0 Å². The maximum Gasteiger partial charge on any atom is 0.358 e. The van der Waals surface area contributed by atoms with E-state index >= 15 is 0 Å². The van der Waals surface area contributed by atoms with Crippen LogP contribution < -0.4 is 0 Å². The van der Waals surface area contributed by atoms with Gasteiger partial charge in [-0.3, -0.25) is 0 Å². The number of hydrogen-bond donors (Lipinski definition) is 1. The average Bonchev–Trinajstić information content (AvgIpc) is 3.07. The first-order chi connectivity index (χ1) is 10.1. The lowest BCUT2D eigenvalue weighted by molar-refractivity contribution is 0.0691. The fourth-order valence-electron chi connectivity index (χ4n) is 1.83. The van der Waals surface area contributed by atoms with Gasteiger partial charge in [-0.1, -0.05) is 29.3 Å². The molecule has 21 heavy (non-hydrogen) atoms. The molecule has 7 heteroatoms. The van der Waals surface area contributed by atoms with Gasteiger partial charge in [-0.25, -0.2) is 9.78 Å². The van der Waals surface area contributed by atoms with Crippen molar-refractivity contribution in [3.63, 3.8) is 0 Å². The monoisotopic (exact) mass is 339 g/mol. The fourth-order valence-corrected chi connectivity index (χ4v) is 2.97. The summed E-state index contributed by atoms with van der Waals surface area (Å²) >= 11 is 13.4. The zero-order chi connectivity index (χ0) is 15.0. The SMILES string of the molecule is O=C(O)c1nc(-c2cccs2)oc1-c1ccc(Cl)cc1Cl. The number of hydrogen-bond acceptors (Lipinski definition) is 4. The Labute approximate surface area is 133 Å². The normalized spacial score (nSPS) is 10.8. The predicted molar refractivity (Wildman–Crippen MR) is 82.2 cm³/mol. The number of aromatic carboxylic acids is 1. The van der Waals surface area contributed by atoms with Gasteiger partial charge in [-0.05, 0) is 29.6 Å². The number of halogens is 2. The summed E-state index contributed by atoms with van der Waals surface area (Å²) in [7, 11) is 0. The first-order valence-electron chi connectivity index (χ1n) is 5.79. The molecule has 3 rings (SSSR count). The second-order valence-electron chi connectivity index (χ2n) is 4.10. The van der Waals surface area contributed by atoms with E-state index in [4.69, 9.17) is 27.6 Å². The molecule has 2 aromatic heterocycles. The Morgan fingerprint density at radius 2 is 2.10 bits per heavy atom. The van der Waals surface area contributed by atoms with E-state index in [0.717, 1.165) is 4.88 Å². The minimum Gasteiger partial charge on any atom is -0.476 e. The Morgan fingerprint density at radius 3 is 2.71 bits per heavy atom. The van der Waals surface area contributed by atoms with Crippen LogP contribution in [0.25, 0.3) is 22.1 Å². The highest BCUT2D eigenvalue weighted by atomic mass is 35.5. The minimum absolute atomic E-state index is 0.118. The molecule has 0 atom stereocenters. The van der Waals surface area contributed by atoms with Gasteiger partial charge in [0.2, 0.25) is 5.89 Å². The summed E-state index contributed by atoms with van der Waals surface area (Å²) in [5.41, 5.74) is 0.261. The number of carboxylic acids is 1. The quantitative estimate of drug-likeness (QED) is 0.723. The van der Waals surface area contributed by atoms with Crippen molar-refractivity contribution in [3.8, 4) is 22.1 Å². The highest BCUT2D eigenvalue weighted by molar-refractivity contribution is 7.13. The third kappa shape index (κ3) is 2.68. The van der Waals surface area contributed by atoms with Gasteiger partial charge in [0.25, 0.3) is 0 Å². The van der Waals surface area contributed by atoms with Crippen LogP contribution in [0.2, 0.25) is 10.0 Å². The number of oxazole rings is 1. The lowest BCUT2D eigenvalue weighted by atomic mass is 10.1. The largest absolute Gasteiger partial charge is 0.476 e. The molecule has 0 saturated carbocycles. The highest BCUT2D eigenvalue weighted by Crippen LogP contribution is 2.36. The Kier molecular flexibility index (Phi) is 3.71. The molecule has 0 radical (unpaired) electrons. The molecule has 0 aliphatic carbocycles. The number of nitrogens with zero attached hydrogens (tertiary/aromatic N) is 1. The molecule has 0 aliphatic heterocycles. The number of benzene rings is 1. The van der Waals surface area contributed by atoms with Gasteiger partial charge in [0.1, 0.15) is 0 Å². The third-order valence-electron chi connectivity index (χ3n) is 2.74. The van der Waals surface area contributed by atoms with Gasteiger partial charge in [-0.15, -0.1) is 11.3 Å². The zero-order valence-corrected chi connectivity index (χ0v) is 12.7. The van der Waals surface area contributed by atoms with Crippen molar-refractivity contribution in [2.45, 2.75) is 0 Å². The Balaban J connectivity index is 2.19. The van der Waals surface area contributed by atoms with Crippen molar-refractivity contribution < 1.29 is 14.3 Å². The number of thiophene rings is 1. The maximum atomic E-state index is 11.4. The van der Waals surface area contributed by atoms with Crippen LogP contribution in [-0.4, -0.2) is 16.1 Å². The second-order valence-corrected chi connectivity index (χ2v) is 5.89. The van der Waals surface area contributed by atoms with E-state index in [1.807, 2.05) is 11.4 Å². The molecule has 0 saturated heterocycles. The average molecular weight is 340 g/mol. The summed E-state index contributed by atoms with van der Waals surface area (Å²) in [6, 6.07) is 8.38. The molecule has 0 aliphatic rings. The van der Waals surface area contributed by atoms with Crippen molar-refractivity contribution in [3.05, 3.63) is 51.5 Å². The van der Waals surface area contributed by atoms with Crippen molar-refractivity contribution in [1.82, 2.24) is 4.98 Å². The molecule has 0 bridgehead atoms. The number of carbonyl (C=O) groups is 1. The third-order valence-corrected chi connectivity index (χ3v) is 4.14. The van der Waals surface area contributed by atoms with Crippen LogP contribution in [0.3, 0.4) is 0 Å². The second kappa shape index (κ2) is 5.52. The number of aromatic nitrogens is 1. The Bertz CT molecular complexity index is 812. The summed E-state index contributed by atoms with van der Waals surface area (Å²) in [5.74, 6) is -0.807. The van der Waals surface area contributed by atoms with Gasteiger partial charge in [-0.2, -0.15) is 0 Å². The molecule has 0 amide bonds. The van der Waals surface area contributed by atoms with E-state index < -0.39 is 5.97 Å². The van der Waals surface area contributed by atoms with Crippen LogP contribution in [0.5, 0.6) is 0 Å². The standard InChI is InChI=1S/C14H7Cl2NO3S/c15-7-3-4-8(9(16)6-7)12-11(14(18)19)17-13(20-12)10-2-1-5-21-10/h1-6H,(H,18,19). The number of rotatable bonds is 3. The molecule has 1 N–H and O–H groups in total. The van der Waals surface area contributed by atoms with Crippen molar-refractivity contribution >= 4 is 40.5 Å². The number of carboxylic acid groups (broad SMARTS) is 1. The summed E-state index contributed by atoms with van der Waals surface area (Å²) in [6.45, 7) is 0. The molecule has 0 fully saturated rings. The van der Waals surface area contributed by atoms with Crippen molar-refractivity contribution in [2.75, 3.05) is 0 Å². The van der Waals surface area contributed by atoms with E-state index in [1.54, 1.807) is 18.2 Å². The Morgan fingerprint density at radius 1 is 1.29 bits per heavy atom. The highest BCUT2D eigenvalue weighted by Gasteiger charge is 2.23. The van der Waals surface area contributed by atoms with Gasteiger partial charge in [0.05, 0.1) is 9.90 Å². The predicted octanol–water partition coefficient (Wildman–Crippen LogP) is 5.08. The zero-order valence-electron chi connectivity index (χ0n) is 10.3. The molecule has 2 heterocycles. The molecule has 0 unspecified atom stereocenters. The molecule has 106 valence electrons. The lowest BCUT2D eigenvalue weighted by Crippen LogP contribution is -1.99. The minimum atomic E-state index is -1.18. The molecule has 3 aromatic rings. The van der Waals surface area contributed by atoms with Crippen LogP contribution in [0.4, 0.5) is 0 Å². The first kappa shape index (κ1) is 14.1. The van der Waals surface area contributed by atoms with Crippen LogP contribution >= 0.6 is 34.5 Å². The van der Waals surface area contributed by atoms with Gasteiger partial charge < -0.3 is 9.52 Å². The summed E-state index contributed by atoms with van der Waals surface area (Å²) in [4.78, 5) is 16.2. The molecule has 4 nitrogen and oxygen atoms in total. The fraction of sp³-hybridized carbons (Fsp3) is 0. The summed E-state index contributed by atoms with van der Waals surface area (Å²) < 4.78 is 5.62. The van der Waals surface area contributed by atoms with Gasteiger partial charge >= 0.3 is 5.97 Å². The topological polar surface area (TPSA) is 63.3 Å². The van der Waals surface area contributed by atoms with Crippen molar-refractivity contribution in [1.29, 1.82) is 0 Å². The van der Waals surface area contributed by atoms with E-state index in [2.05, 4.69) is 4.98 Å². The van der Waals surface area contributed by atoms with Gasteiger partial charge in [0.15, 0.2) is 11.5 Å². The van der Waals surface area contributed by atoms with Gasteiger partial charge in [0, 0.05) is 10.6 Å². The van der Waals surface area contributed by atoms with Crippen LogP contribution in [0, 0.1) is 0 Å². The summed E-state index contributed by atoms with van der Waals surface area (Å²) in [5, 5.41) is 11.9. The first-order valence-corrected chi connectivity index (χ1v) is 7.43. The van der Waals surface area contributed by atoms with Crippen LogP contribution in [0.1, 0.15) is 10.5 Å². The maximum absolute atomic E-state index is 11.4. The Hall–Kier alpha value is -1.82. The summed E-state index contributed by atoms with van der Waals surface area (Å²) in [6.07, 6.45) is 0. The molecular formula is C14H7Cl2NO3S. The molecule has 0 spiro atoms. The lowest BCUT2D eigenvalue weighted by Gasteiger charge is -2.01. The smallest absolute Gasteiger partial charge is 0.358 e. The molecular weight excluding hydrogens is 333 g/mol. The van der Waals surface area contributed by atoms with E-state index in [9.17, 15) is 9.90 Å².